The molecule has 6 nitrogen and oxygen atoms in total. The average Bonchev–Trinajstić information content (AvgIpc) is 2.32. The van der Waals surface area contributed by atoms with Gasteiger partial charge in [-0.2, -0.15) is 0 Å². The number of ether oxygens (including phenoxy) is 2. The summed E-state index contributed by atoms with van der Waals surface area (Å²) < 4.78 is 8.93. The Hall–Kier alpha value is -1.59. The van der Waals surface area contributed by atoms with E-state index in [-0.39, 0.29) is 6.42 Å². The molecule has 0 aromatic heterocycles. The van der Waals surface area contributed by atoms with Gasteiger partial charge in [-0.1, -0.05) is 39.0 Å². The highest BCUT2D eigenvalue weighted by atomic mass is 16.7. The maximum absolute atomic E-state index is 11.4. The minimum atomic E-state index is -1.84. The summed E-state index contributed by atoms with van der Waals surface area (Å²) in [4.78, 5) is 32.6. The second-order valence-electron chi connectivity index (χ2n) is 4.29. The summed E-state index contributed by atoms with van der Waals surface area (Å²) in [6.07, 6.45) is 4.37. The summed E-state index contributed by atoms with van der Waals surface area (Å²) in [6, 6.07) is 0. The van der Waals surface area contributed by atoms with E-state index < -0.39 is 24.2 Å². The van der Waals surface area contributed by atoms with Gasteiger partial charge < -0.3 is 14.6 Å². The summed E-state index contributed by atoms with van der Waals surface area (Å²) in [5.74, 6) is -2.96. The Morgan fingerprint density at radius 2 is 1.58 bits per heavy atom. The molecule has 0 aliphatic carbocycles. The van der Waals surface area contributed by atoms with Crippen molar-refractivity contribution in [2.75, 3.05) is 0 Å². The minimum absolute atomic E-state index is 0.136. The van der Waals surface area contributed by atoms with Crippen LogP contribution in [-0.4, -0.2) is 29.3 Å². The molecule has 1 atom stereocenters. The molecule has 0 saturated carbocycles. The monoisotopic (exact) mass is 274 g/mol. The third kappa shape index (κ3) is 10.1. The quantitative estimate of drug-likeness (QED) is 0.373. The van der Waals surface area contributed by atoms with Gasteiger partial charge in [0.1, 0.15) is 0 Å². The van der Waals surface area contributed by atoms with Gasteiger partial charge in [0.15, 0.2) is 0 Å². The van der Waals surface area contributed by atoms with Crippen molar-refractivity contribution in [3.63, 3.8) is 0 Å². The van der Waals surface area contributed by atoms with Crippen molar-refractivity contribution in [3.05, 3.63) is 0 Å². The number of carboxylic acids is 1. The lowest BCUT2D eigenvalue weighted by Crippen LogP contribution is -2.31. The number of hydrogen-bond donors (Lipinski definition) is 1. The van der Waals surface area contributed by atoms with Crippen LogP contribution in [0.15, 0.2) is 0 Å². The first-order valence-electron chi connectivity index (χ1n) is 6.56. The van der Waals surface area contributed by atoms with Crippen LogP contribution in [0.5, 0.6) is 0 Å². The molecular formula is C13H22O6. The number of carbonyl (C=O) groups excluding carboxylic acids is 2. The zero-order valence-corrected chi connectivity index (χ0v) is 11.5. The number of carbonyl (C=O) groups is 3. The number of esters is 2. The number of unbranched alkanes of at least 4 members (excludes halogenated alkanes) is 5. The van der Waals surface area contributed by atoms with Crippen LogP contribution in [0.25, 0.3) is 0 Å². The summed E-state index contributed by atoms with van der Waals surface area (Å²) in [6.45, 7) is 3.18. The zero-order chi connectivity index (χ0) is 14.7. The van der Waals surface area contributed by atoms with Crippen molar-refractivity contribution in [3.8, 4) is 0 Å². The lowest BCUT2D eigenvalue weighted by Gasteiger charge is -2.12. The van der Waals surface area contributed by atoms with E-state index in [2.05, 4.69) is 16.4 Å². The highest BCUT2D eigenvalue weighted by Gasteiger charge is 2.24. The van der Waals surface area contributed by atoms with Gasteiger partial charge in [0.25, 0.3) is 0 Å². The molecule has 110 valence electrons. The van der Waals surface area contributed by atoms with E-state index in [1.807, 2.05) is 0 Å². The Morgan fingerprint density at radius 3 is 2.11 bits per heavy atom. The highest BCUT2D eigenvalue weighted by molar-refractivity contribution is 5.79. The van der Waals surface area contributed by atoms with Crippen LogP contribution in [0.3, 0.4) is 0 Å². The van der Waals surface area contributed by atoms with Crippen LogP contribution in [0.2, 0.25) is 0 Å². The maximum Gasteiger partial charge on any atom is 0.387 e. The SMILES string of the molecule is CCCCCCCCC(=O)OC(OC(C)=O)C(=O)O. The van der Waals surface area contributed by atoms with Crippen LogP contribution in [0, 0.1) is 0 Å². The fourth-order valence-electron chi connectivity index (χ4n) is 1.50. The molecule has 0 saturated heterocycles. The van der Waals surface area contributed by atoms with Crippen LogP contribution in [0.1, 0.15) is 58.8 Å². The van der Waals surface area contributed by atoms with Crippen molar-refractivity contribution in [2.45, 2.75) is 65.1 Å². The molecule has 0 aromatic carbocycles. The molecule has 0 aliphatic rings. The largest absolute Gasteiger partial charge is 0.476 e. The Bertz CT molecular complexity index is 300. The molecule has 0 aliphatic heterocycles. The normalized spacial score (nSPS) is 11.7. The first kappa shape index (κ1) is 17.4. The molecule has 0 fully saturated rings. The van der Waals surface area contributed by atoms with Gasteiger partial charge in [-0.05, 0) is 6.42 Å². The first-order valence-corrected chi connectivity index (χ1v) is 6.56. The smallest absolute Gasteiger partial charge is 0.387 e. The molecule has 6 heteroatoms. The second kappa shape index (κ2) is 10.3. The number of carboxylic acid groups (broad SMARTS) is 1. The molecule has 0 radical (unpaired) electrons. The lowest BCUT2D eigenvalue weighted by molar-refractivity contribution is -0.200. The Balaban J connectivity index is 3.81. The van der Waals surface area contributed by atoms with Gasteiger partial charge in [-0.15, -0.1) is 0 Å². The van der Waals surface area contributed by atoms with Gasteiger partial charge >= 0.3 is 24.2 Å². The van der Waals surface area contributed by atoms with Gasteiger partial charge in [0.05, 0.1) is 0 Å². The zero-order valence-electron chi connectivity index (χ0n) is 11.5. The van der Waals surface area contributed by atoms with Crippen LogP contribution >= 0.6 is 0 Å². The van der Waals surface area contributed by atoms with E-state index in [0.717, 1.165) is 32.6 Å². The highest BCUT2D eigenvalue weighted by Crippen LogP contribution is 2.08. The van der Waals surface area contributed by atoms with E-state index in [9.17, 15) is 14.4 Å². The van der Waals surface area contributed by atoms with E-state index >= 15 is 0 Å². The Morgan fingerprint density at radius 1 is 1.00 bits per heavy atom. The lowest BCUT2D eigenvalue weighted by atomic mass is 10.1. The Kier molecular flexibility index (Phi) is 9.48. The average molecular weight is 274 g/mol. The molecule has 1 unspecified atom stereocenters. The standard InChI is InChI=1S/C13H22O6/c1-3-4-5-6-7-8-9-11(15)19-13(12(16)17)18-10(2)14/h13H,3-9H2,1-2H3,(H,16,17). The van der Waals surface area contributed by atoms with E-state index in [1.165, 1.54) is 6.42 Å². The fraction of sp³-hybridized carbons (Fsp3) is 0.769. The predicted octanol–water partition coefficient (Wildman–Crippen LogP) is 2.25. The van der Waals surface area contributed by atoms with Gasteiger partial charge in [-0.3, -0.25) is 9.59 Å². The second-order valence-corrected chi connectivity index (χ2v) is 4.29. The number of aliphatic carboxylic acids is 1. The fourth-order valence-corrected chi connectivity index (χ4v) is 1.50. The van der Waals surface area contributed by atoms with Crippen LogP contribution < -0.4 is 0 Å². The third-order valence-corrected chi connectivity index (χ3v) is 2.45. The topological polar surface area (TPSA) is 89.9 Å². The van der Waals surface area contributed by atoms with Crippen molar-refractivity contribution >= 4 is 17.9 Å². The Labute approximate surface area is 113 Å². The van der Waals surface area contributed by atoms with E-state index in [0.29, 0.717) is 6.42 Å². The van der Waals surface area contributed by atoms with Crippen molar-refractivity contribution < 1.29 is 29.0 Å². The summed E-state index contributed by atoms with van der Waals surface area (Å²) >= 11 is 0. The van der Waals surface area contributed by atoms with Crippen LogP contribution in [-0.2, 0) is 23.9 Å². The summed E-state index contributed by atoms with van der Waals surface area (Å²) in [5.41, 5.74) is 0. The molecular weight excluding hydrogens is 252 g/mol. The minimum Gasteiger partial charge on any atom is -0.476 e. The van der Waals surface area contributed by atoms with Gasteiger partial charge in [-0.25, -0.2) is 4.79 Å². The van der Waals surface area contributed by atoms with E-state index in [1.54, 1.807) is 0 Å². The first-order chi connectivity index (χ1) is 8.97. The molecule has 1 N–H and O–H groups in total. The van der Waals surface area contributed by atoms with Gasteiger partial charge in [0, 0.05) is 13.3 Å². The number of rotatable bonds is 10. The van der Waals surface area contributed by atoms with Crippen molar-refractivity contribution in [1.82, 2.24) is 0 Å². The van der Waals surface area contributed by atoms with Crippen molar-refractivity contribution in [1.29, 1.82) is 0 Å². The third-order valence-electron chi connectivity index (χ3n) is 2.45. The summed E-state index contributed by atoms with van der Waals surface area (Å²) in [7, 11) is 0. The van der Waals surface area contributed by atoms with E-state index in [4.69, 9.17) is 5.11 Å². The molecule has 0 heterocycles. The molecule has 0 amide bonds. The predicted molar refractivity (Wildman–Crippen MR) is 67.3 cm³/mol. The van der Waals surface area contributed by atoms with Gasteiger partial charge in [0.2, 0.25) is 0 Å². The maximum atomic E-state index is 11.4. The molecule has 0 bridgehead atoms. The molecule has 0 rings (SSSR count). The van der Waals surface area contributed by atoms with Crippen molar-refractivity contribution in [2.24, 2.45) is 0 Å². The molecule has 0 spiro atoms. The summed E-state index contributed by atoms with van der Waals surface area (Å²) in [5, 5.41) is 8.69. The number of hydrogen-bond acceptors (Lipinski definition) is 5. The molecule has 19 heavy (non-hydrogen) atoms. The van der Waals surface area contributed by atoms with Crippen LogP contribution in [0.4, 0.5) is 0 Å². The molecule has 0 aromatic rings.